The molecule has 0 aliphatic rings. The number of aromatic nitrogens is 6. The van der Waals surface area contributed by atoms with Crippen molar-refractivity contribution in [2.45, 2.75) is 13.1 Å². The van der Waals surface area contributed by atoms with Crippen LogP contribution < -0.4 is 10.9 Å². The fourth-order valence-electron chi connectivity index (χ4n) is 3.77. The lowest BCUT2D eigenvalue weighted by molar-refractivity contribution is -0.384. The van der Waals surface area contributed by atoms with Crippen molar-refractivity contribution in [2.75, 3.05) is 6.54 Å². The van der Waals surface area contributed by atoms with E-state index in [1.54, 1.807) is 30.3 Å². The molecule has 12 nitrogen and oxygen atoms in total. The van der Waals surface area contributed by atoms with E-state index in [1.165, 1.54) is 46.0 Å². The Labute approximate surface area is 207 Å². The highest BCUT2D eigenvalue weighted by Gasteiger charge is 2.14. The minimum absolute atomic E-state index is 0.0288. The lowest BCUT2D eigenvalue weighted by atomic mass is 10.1. The summed E-state index contributed by atoms with van der Waals surface area (Å²) in [6.45, 7) is 0.687. The second-order valence-electron chi connectivity index (χ2n) is 8.14. The minimum atomic E-state index is -0.486. The first-order valence-electron chi connectivity index (χ1n) is 11.1. The van der Waals surface area contributed by atoms with Gasteiger partial charge in [0.15, 0.2) is 5.65 Å². The molecule has 0 saturated carbocycles. The number of nitrogens with zero attached hydrogens (tertiary/aromatic N) is 6. The molecule has 13 heteroatoms. The molecule has 0 unspecified atom stereocenters. The molecule has 0 atom stereocenters. The molecule has 0 bridgehead atoms. The van der Waals surface area contributed by atoms with Crippen molar-refractivity contribution in [3.63, 3.8) is 0 Å². The third-order valence-corrected chi connectivity index (χ3v) is 5.69. The van der Waals surface area contributed by atoms with Gasteiger partial charge in [-0.15, -0.1) is 0 Å². The molecule has 37 heavy (non-hydrogen) atoms. The van der Waals surface area contributed by atoms with Crippen LogP contribution in [0.4, 0.5) is 10.1 Å². The predicted octanol–water partition coefficient (Wildman–Crippen LogP) is 2.51. The van der Waals surface area contributed by atoms with Crippen LogP contribution in [0.2, 0.25) is 0 Å². The van der Waals surface area contributed by atoms with Crippen molar-refractivity contribution in [3.05, 3.63) is 105 Å². The number of aromatic amines is 1. The highest BCUT2D eigenvalue weighted by Crippen LogP contribution is 2.18. The Kier molecular flexibility index (Phi) is 6.24. The molecule has 0 saturated heterocycles. The van der Waals surface area contributed by atoms with Crippen LogP contribution in [-0.4, -0.2) is 46.9 Å². The molecule has 1 amide bonds. The fourth-order valence-corrected chi connectivity index (χ4v) is 3.77. The Hall–Kier alpha value is -5.20. The Bertz CT molecular complexity index is 1660. The summed E-state index contributed by atoms with van der Waals surface area (Å²) in [5.41, 5.74) is 2.19. The molecule has 0 fully saturated rings. The SMILES string of the molecule is O=C(NCCn1ncc2c(=O)n(Cc3ccc([N+](=O)[O-])cc3)cnc21)c1cc(-c2ccc(F)cc2)n[nH]1. The van der Waals surface area contributed by atoms with Crippen LogP contribution in [0, 0.1) is 15.9 Å². The van der Waals surface area contributed by atoms with Crippen LogP contribution in [0.3, 0.4) is 0 Å². The molecule has 2 N–H and O–H groups in total. The van der Waals surface area contributed by atoms with Crippen molar-refractivity contribution >= 4 is 22.6 Å². The van der Waals surface area contributed by atoms with Crippen molar-refractivity contribution in [3.8, 4) is 11.3 Å². The van der Waals surface area contributed by atoms with Gasteiger partial charge >= 0.3 is 0 Å². The lowest BCUT2D eigenvalue weighted by Gasteiger charge is -2.07. The summed E-state index contributed by atoms with van der Waals surface area (Å²) in [7, 11) is 0. The first-order valence-corrected chi connectivity index (χ1v) is 11.1. The molecular formula is C24H19FN8O4. The van der Waals surface area contributed by atoms with Crippen molar-refractivity contribution in [2.24, 2.45) is 0 Å². The Morgan fingerprint density at radius 3 is 2.62 bits per heavy atom. The standard InChI is InChI=1S/C24H19FN8O4/c25-17-5-3-16(4-6-17)20-11-21(30-29-20)23(34)26-9-10-32-22-19(12-28-32)24(35)31(14-27-22)13-15-1-7-18(8-2-15)33(36)37/h1-8,11-12,14H,9-10,13H2,(H,26,34)(H,29,30). The first-order chi connectivity index (χ1) is 17.9. The Balaban J connectivity index is 1.22. The molecule has 0 radical (unpaired) electrons. The monoisotopic (exact) mass is 502 g/mol. The summed E-state index contributed by atoms with van der Waals surface area (Å²) >= 11 is 0. The number of nitro benzene ring substituents is 1. The number of H-pyrrole nitrogens is 1. The number of fused-ring (bicyclic) bond motifs is 1. The fraction of sp³-hybridized carbons (Fsp3) is 0.125. The third-order valence-electron chi connectivity index (χ3n) is 5.69. The third kappa shape index (κ3) is 4.96. The zero-order valence-electron chi connectivity index (χ0n) is 19.2. The van der Waals surface area contributed by atoms with Crippen LogP contribution in [-0.2, 0) is 13.1 Å². The van der Waals surface area contributed by atoms with Crippen LogP contribution >= 0.6 is 0 Å². The zero-order chi connectivity index (χ0) is 25.9. The summed E-state index contributed by atoms with van der Waals surface area (Å²) in [5.74, 6) is -0.739. The number of hydrogen-bond acceptors (Lipinski definition) is 7. The number of non-ortho nitro benzene ring substituents is 1. The van der Waals surface area contributed by atoms with E-state index in [0.29, 0.717) is 27.9 Å². The molecular weight excluding hydrogens is 483 g/mol. The lowest BCUT2D eigenvalue weighted by Crippen LogP contribution is -2.28. The van der Waals surface area contributed by atoms with E-state index in [4.69, 9.17) is 0 Å². The summed E-state index contributed by atoms with van der Waals surface area (Å²) in [5, 5.41) is 24.9. The smallest absolute Gasteiger partial charge is 0.269 e. The van der Waals surface area contributed by atoms with Gasteiger partial charge in [-0.2, -0.15) is 10.2 Å². The summed E-state index contributed by atoms with van der Waals surface area (Å²) in [6, 6.07) is 13.3. The molecule has 3 aromatic heterocycles. The number of nitrogens with one attached hydrogen (secondary N) is 2. The van der Waals surface area contributed by atoms with Crippen molar-refractivity contribution in [1.29, 1.82) is 0 Å². The molecule has 186 valence electrons. The van der Waals surface area contributed by atoms with E-state index < -0.39 is 4.92 Å². The van der Waals surface area contributed by atoms with Gasteiger partial charge in [-0.25, -0.2) is 14.1 Å². The summed E-state index contributed by atoms with van der Waals surface area (Å²) < 4.78 is 16.0. The number of hydrogen-bond donors (Lipinski definition) is 2. The number of benzene rings is 2. The van der Waals surface area contributed by atoms with E-state index in [-0.39, 0.29) is 48.3 Å². The summed E-state index contributed by atoms with van der Waals surface area (Å²) in [4.78, 5) is 40.0. The minimum Gasteiger partial charge on any atom is -0.349 e. The maximum atomic E-state index is 13.1. The van der Waals surface area contributed by atoms with Gasteiger partial charge in [-0.1, -0.05) is 12.1 Å². The van der Waals surface area contributed by atoms with Crippen molar-refractivity contribution < 1.29 is 14.1 Å². The molecule has 0 aliphatic heterocycles. The van der Waals surface area contributed by atoms with Gasteiger partial charge in [-0.3, -0.25) is 29.4 Å². The van der Waals surface area contributed by atoms with Crippen LogP contribution in [0.1, 0.15) is 16.1 Å². The van der Waals surface area contributed by atoms with Gasteiger partial charge in [0, 0.05) is 24.2 Å². The molecule has 0 spiro atoms. The number of amides is 1. The number of rotatable bonds is 8. The van der Waals surface area contributed by atoms with E-state index in [2.05, 4.69) is 25.6 Å². The number of nitro groups is 1. The molecule has 5 rings (SSSR count). The number of halogens is 1. The van der Waals surface area contributed by atoms with Gasteiger partial charge in [0.1, 0.15) is 23.2 Å². The maximum absolute atomic E-state index is 13.1. The average Bonchev–Trinajstić information content (AvgIpc) is 3.55. The number of carbonyl (C=O) groups is 1. The average molecular weight is 502 g/mol. The van der Waals surface area contributed by atoms with Gasteiger partial charge in [0.2, 0.25) is 0 Å². The summed E-state index contributed by atoms with van der Waals surface area (Å²) in [6.07, 6.45) is 2.81. The molecule has 3 heterocycles. The topological polar surface area (TPSA) is 154 Å². The Morgan fingerprint density at radius 2 is 1.89 bits per heavy atom. The van der Waals surface area contributed by atoms with Gasteiger partial charge in [-0.05, 0) is 35.9 Å². The second kappa shape index (κ2) is 9.81. The van der Waals surface area contributed by atoms with E-state index in [9.17, 15) is 24.1 Å². The van der Waals surface area contributed by atoms with E-state index in [1.807, 2.05) is 0 Å². The zero-order valence-corrected chi connectivity index (χ0v) is 19.2. The molecule has 5 aromatic rings. The molecule has 0 aliphatic carbocycles. The van der Waals surface area contributed by atoms with Crippen LogP contribution in [0.15, 0.2) is 71.9 Å². The van der Waals surface area contributed by atoms with Crippen LogP contribution in [0.5, 0.6) is 0 Å². The van der Waals surface area contributed by atoms with Crippen molar-refractivity contribution in [1.82, 2.24) is 34.8 Å². The first kappa shape index (κ1) is 23.5. The number of carbonyl (C=O) groups excluding carboxylic acids is 1. The van der Waals surface area contributed by atoms with Gasteiger partial charge in [0.25, 0.3) is 17.2 Å². The highest BCUT2D eigenvalue weighted by molar-refractivity contribution is 5.93. The molecule has 2 aromatic carbocycles. The second-order valence-corrected chi connectivity index (χ2v) is 8.14. The Morgan fingerprint density at radius 1 is 1.14 bits per heavy atom. The largest absolute Gasteiger partial charge is 0.349 e. The maximum Gasteiger partial charge on any atom is 0.269 e. The normalized spacial score (nSPS) is 11.1. The van der Waals surface area contributed by atoms with E-state index in [0.717, 1.165) is 0 Å². The quantitative estimate of drug-likeness (QED) is 0.244. The predicted molar refractivity (Wildman–Crippen MR) is 130 cm³/mol. The van der Waals surface area contributed by atoms with E-state index >= 15 is 0 Å². The van der Waals surface area contributed by atoms with Gasteiger partial charge < -0.3 is 5.32 Å². The van der Waals surface area contributed by atoms with Crippen LogP contribution in [0.25, 0.3) is 22.3 Å². The highest BCUT2D eigenvalue weighted by atomic mass is 19.1. The van der Waals surface area contributed by atoms with Gasteiger partial charge in [0.05, 0.1) is 29.9 Å².